The molecule has 1 aliphatic rings. The van der Waals surface area contributed by atoms with Gasteiger partial charge in [-0.3, -0.25) is 9.59 Å². The molecule has 0 radical (unpaired) electrons. The third kappa shape index (κ3) is 6.51. The summed E-state index contributed by atoms with van der Waals surface area (Å²) in [6.45, 7) is 7.57. The van der Waals surface area contributed by atoms with E-state index in [1.54, 1.807) is 6.08 Å². The van der Waals surface area contributed by atoms with Gasteiger partial charge in [0.15, 0.2) is 11.5 Å². The zero-order valence-corrected chi connectivity index (χ0v) is 17.9. The zero-order chi connectivity index (χ0) is 21.1. The average molecular weight is 403 g/mol. The number of nitrogens with one attached hydrogen (secondary N) is 2. The zero-order valence-electron chi connectivity index (χ0n) is 17.9. The second-order valence-electron chi connectivity index (χ2n) is 7.31. The first-order valence-electron chi connectivity index (χ1n) is 10.7. The number of ether oxygens (including phenoxy) is 2. The van der Waals surface area contributed by atoms with Crippen LogP contribution in [-0.4, -0.2) is 37.1 Å². The minimum absolute atomic E-state index is 0.0856. The maximum Gasteiger partial charge on any atom is 0.245 e. The molecule has 1 fully saturated rings. The molecular formula is C23H34N2O4. The minimum Gasteiger partial charge on any atom is -0.490 e. The highest BCUT2D eigenvalue weighted by atomic mass is 16.5. The number of rotatable bonds is 10. The summed E-state index contributed by atoms with van der Waals surface area (Å²) in [5.41, 5.74) is 0.0347. The van der Waals surface area contributed by atoms with Crippen molar-refractivity contribution in [1.82, 2.24) is 10.6 Å². The first kappa shape index (κ1) is 22.8. The van der Waals surface area contributed by atoms with Crippen LogP contribution in [0.3, 0.4) is 0 Å². The van der Waals surface area contributed by atoms with E-state index in [-0.39, 0.29) is 11.8 Å². The van der Waals surface area contributed by atoms with E-state index in [9.17, 15) is 9.59 Å². The number of carbonyl (C=O) groups excluding carboxylic acids is 2. The molecule has 0 aromatic heterocycles. The van der Waals surface area contributed by atoms with Gasteiger partial charge in [-0.25, -0.2) is 0 Å². The van der Waals surface area contributed by atoms with Gasteiger partial charge >= 0.3 is 0 Å². The maximum atomic E-state index is 12.6. The highest BCUT2D eigenvalue weighted by Gasteiger charge is 2.40. The van der Waals surface area contributed by atoms with Crippen LogP contribution >= 0.6 is 0 Å². The number of amides is 2. The Morgan fingerprint density at radius 1 is 1.07 bits per heavy atom. The summed E-state index contributed by atoms with van der Waals surface area (Å²) in [6, 6.07) is 5.60. The topological polar surface area (TPSA) is 76.7 Å². The molecule has 0 unspecified atom stereocenters. The Kier molecular flexibility index (Phi) is 9.03. The van der Waals surface area contributed by atoms with Crippen molar-refractivity contribution in [3.63, 3.8) is 0 Å². The van der Waals surface area contributed by atoms with Gasteiger partial charge in [0, 0.05) is 12.6 Å². The second kappa shape index (κ2) is 11.5. The van der Waals surface area contributed by atoms with Crippen LogP contribution in [0.1, 0.15) is 64.9 Å². The quantitative estimate of drug-likeness (QED) is 0.583. The standard InChI is InChI=1S/C23H34N2O4/c1-4-16-29-19-12-10-18(17-20(19)28-6-3)11-13-21(26)25-23(22(27)24-5-2)14-8-7-9-15-23/h10-13,17H,4-9,14-16H2,1-3H3,(H,24,27)(H,25,26). The lowest BCUT2D eigenvalue weighted by atomic mass is 9.80. The van der Waals surface area contributed by atoms with Crippen LogP contribution in [0.5, 0.6) is 11.5 Å². The van der Waals surface area contributed by atoms with Gasteiger partial charge in [0.25, 0.3) is 0 Å². The third-order valence-corrected chi connectivity index (χ3v) is 5.00. The maximum absolute atomic E-state index is 12.6. The first-order chi connectivity index (χ1) is 14.0. The molecule has 2 rings (SSSR count). The molecule has 160 valence electrons. The van der Waals surface area contributed by atoms with Crippen molar-refractivity contribution in [3.05, 3.63) is 29.8 Å². The lowest BCUT2D eigenvalue weighted by Crippen LogP contribution is -2.59. The van der Waals surface area contributed by atoms with Gasteiger partial charge in [-0.05, 0) is 56.9 Å². The van der Waals surface area contributed by atoms with Crippen LogP contribution < -0.4 is 20.1 Å². The van der Waals surface area contributed by atoms with E-state index < -0.39 is 5.54 Å². The predicted molar refractivity (Wildman–Crippen MR) is 115 cm³/mol. The highest BCUT2D eigenvalue weighted by Crippen LogP contribution is 2.30. The Hall–Kier alpha value is -2.50. The fourth-order valence-electron chi connectivity index (χ4n) is 3.57. The molecule has 0 atom stereocenters. The molecule has 0 heterocycles. The molecule has 1 aromatic rings. The molecule has 2 N–H and O–H groups in total. The van der Waals surface area contributed by atoms with Crippen molar-refractivity contribution in [3.8, 4) is 11.5 Å². The van der Waals surface area contributed by atoms with Crippen LogP contribution in [0.15, 0.2) is 24.3 Å². The predicted octanol–water partition coefficient (Wildman–Crippen LogP) is 3.84. The van der Waals surface area contributed by atoms with E-state index in [0.29, 0.717) is 44.1 Å². The Labute approximate surface area is 174 Å². The number of hydrogen-bond acceptors (Lipinski definition) is 4. The largest absolute Gasteiger partial charge is 0.490 e. The number of benzene rings is 1. The lowest BCUT2D eigenvalue weighted by Gasteiger charge is -2.36. The monoisotopic (exact) mass is 402 g/mol. The number of hydrogen-bond donors (Lipinski definition) is 2. The van der Waals surface area contributed by atoms with Crippen molar-refractivity contribution in [1.29, 1.82) is 0 Å². The van der Waals surface area contributed by atoms with Crippen molar-refractivity contribution in [2.45, 2.75) is 64.8 Å². The molecule has 6 nitrogen and oxygen atoms in total. The van der Waals surface area contributed by atoms with Crippen molar-refractivity contribution < 1.29 is 19.1 Å². The fourth-order valence-corrected chi connectivity index (χ4v) is 3.57. The summed E-state index contributed by atoms with van der Waals surface area (Å²) < 4.78 is 11.4. The Morgan fingerprint density at radius 2 is 1.83 bits per heavy atom. The van der Waals surface area contributed by atoms with Gasteiger partial charge in [0.05, 0.1) is 13.2 Å². The summed E-state index contributed by atoms with van der Waals surface area (Å²) in [5, 5.41) is 5.84. The molecule has 0 saturated heterocycles. The number of carbonyl (C=O) groups is 2. The SMILES string of the molecule is CCCOc1ccc(C=CC(=O)NC2(C(=O)NCC)CCCCC2)cc1OCC. The summed E-state index contributed by atoms with van der Waals surface area (Å²) in [5.74, 6) is 1.02. The summed E-state index contributed by atoms with van der Waals surface area (Å²) in [7, 11) is 0. The van der Waals surface area contributed by atoms with E-state index in [0.717, 1.165) is 31.2 Å². The molecule has 1 saturated carbocycles. The number of likely N-dealkylation sites (N-methyl/N-ethyl adjacent to an activating group) is 1. The normalized spacial score (nSPS) is 15.7. The van der Waals surface area contributed by atoms with Gasteiger partial charge in [-0.1, -0.05) is 32.3 Å². The lowest BCUT2D eigenvalue weighted by molar-refractivity contribution is -0.133. The summed E-state index contributed by atoms with van der Waals surface area (Å²) in [4.78, 5) is 25.2. The molecule has 29 heavy (non-hydrogen) atoms. The van der Waals surface area contributed by atoms with Crippen LogP contribution in [0.2, 0.25) is 0 Å². The van der Waals surface area contributed by atoms with E-state index in [1.807, 2.05) is 32.0 Å². The summed E-state index contributed by atoms with van der Waals surface area (Å²) >= 11 is 0. The van der Waals surface area contributed by atoms with Gasteiger partial charge < -0.3 is 20.1 Å². The van der Waals surface area contributed by atoms with Crippen LogP contribution in [-0.2, 0) is 9.59 Å². The van der Waals surface area contributed by atoms with E-state index >= 15 is 0 Å². The molecule has 0 spiro atoms. The van der Waals surface area contributed by atoms with Crippen molar-refractivity contribution in [2.24, 2.45) is 0 Å². The van der Waals surface area contributed by atoms with Gasteiger partial charge in [-0.2, -0.15) is 0 Å². The highest BCUT2D eigenvalue weighted by molar-refractivity contribution is 5.97. The van der Waals surface area contributed by atoms with Gasteiger partial charge in [0.1, 0.15) is 5.54 Å². The molecule has 0 aliphatic heterocycles. The Bertz CT molecular complexity index is 709. The molecule has 0 bridgehead atoms. The molecule has 1 aromatic carbocycles. The van der Waals surface area contributed by atoms with Crippen molar-refractivity contribution >= 4 is 17.9 Å². The molecule has 6 heteroatoms. The second-order valence-corrected chi connectivity index (χ2v) is 7.31. The average Bonchev–Trinajstić information content (AvgIpc) is 2.72. The fraction of sp³-hybridized carbons (Fsp3) is 0.565. The third-order valence-electron chi connectivity index (χ3n) is 5.00. The molecule has 1 aliphatic carbocycles. The van der Waals surface area contributed by atoms with E-state index in [1.165, 1.54) is 6.08 Å². The smallest absolute Gasteiger partial charge is 0.245 e. The summed E-state index contributed by atoms with van der Waals surface area (Å²) in [6.07, 6.45) is 8.46. The molecule has 2 amide bonds. The van der Waals surface area contributed by atoms with Gasteiger partial charge in [0.2, 0.25) is 11.8 Å². The van der Waals surface area contributed by atoms with E-state index in [2.05, 4.69) is 17.6 Å². The minimum atomic E-state index is -0.802. The van der Waals surface area contributed by atoms with E-state index in [4.69, 9.17) is 9.47 Å². The van der Waals surface area contributed by atoms with Gasteiger partial charge in [-0.15, -0.1) is 0 Å². The van der Waals surface area contributed by atoms with Crippen molar-refractivity contribution in [2.75, 3.05) is 19.8 Å². The first-order valence-corrected chi connectivity index (χ1v) is 10.7. The van der Waals surface area contributed by atoms with Crippen LogP contribution in [0.25, 0.3) is 6.08 Å². The Morgan fingerprint density at radius 3 is 2.48 bits per heavy atom. The van der Waals surface area contributed by atoms with Crippen LogP contribution in [0.4, 0.5) is 0 Å². The molecular weight excluding hydrogens is 368 g/mol. The Balaban J connectivity index is 2.10. The van der Waals surface area contributed by atoms with Crippen LogP contribution in [0, 0.1) is 0 Å².